The Morgan fingerprint density at radius 2 is 1.39 bits per heavy atom. The summed E-state index contributed by atoms with van der Waals surface area (Å²) in [6.07, 6.45) is 31.7. The van der Waals surface area contributed by atoms with Crippen molar-refractivity contribution in [3.05, 3.63) is 108 Å². The number of amides is 2. The smallest absolute Gasteiger partial charge is 0.417 e. The molecule has 0 aliphatic carbocycles. The molecule has 1 heterocycles. The average molecular weight is 516 g/mol. The first kappa shape index (κ1) is 30.8. The lowest BCUT2D eigenvalue weighted by Crippen LogP contribution is -2.38. The van der Waals surface area contributed by atoms with E-state index < -0.39 is 12.2 Å². The first-order valence-electron chi connectivity index (χ1n) is 14.2. The van der Waals surface area contributed by atoms with E-state index in [0.29, 0.717) is 12.0 Å². The fourth-order valence-corrected chi connectivity index (χ4v) is 4.33. The van der Waals surface area contributed by atoms with Crippen molar-refractivity contribution in [1.82, 2.24) is 4.90 Å². The van der Waals surface area contributed by atoms with Crippen molar-refractivity contribution in [3.63, 3.8) is 0 Å². The molecule has 1 aromatic rings. The summed E-state index contributed by atoms with van der Waals surface area (Å²) in [5.74, 6) is -0.304. The molecule has 0 radical (unpaired) electrons. The Hall–Kier alpha value is -3.40. The molecule has 0 N–H and O–H groups in total. The number of rotatable bonds is 16. The fraction of sp³-hybridized carbons (Fsp3) is 0.412. The zero-order valence-corrected chi connectivity index (χ0v) is 23.4. The van der Waals surface area contributed by atoms with Crippen LogP contribution in [-0.2, 0) is 9.53 Å². The summed E-state index contributed by atoms with van der Waals surface area (Å²) in [6, 6.07) is 9.16. The van der Waals surface area contributed by atoms with Gasteiger partial charge in [0.25, 0.3) is 5.91 Å². The van der Waals surface area contributed by atoms with Crippen LogP contribution in [0.3, 0.4) is 0 Å². The van der Waals surface area contributed by atoms with Crippen LogP contribution in [0, 0.1) is 0 Å². The molecule has 204 valence electrons. The number of hydrogen-bond donors (Lipinski definition) is 0. The maximum atomic E-state index is 13.1. The molecule has 0 bridgehead atoms. The highest BCUT2D eigenvalue weighted by atomic mass is 16.6. The van der Waals surface area contributed by atoms with E-state index in [9.17, 15) is 9.59 Å². The number of benzene rings is 1. The van der Waals surface area contributed by atoms with Gasteiger partial charge in [0.15, 0.2) is 0 Å². The van der Waals surface area contributed by atoms with E-state index in [1.54, 1.807) is 6.08 Å². The largest absolute Gasteiger partial charge is 0.439 e. The van der Waals surface area contributed by atoms with Gasteiger partial charge in [0.2, 0.25) is 0 Å². The molecule has 4 nitrogen and oxygen atoms in total. The van der Waals surface area contributed by atoms with Crippen LogP contribution < -0.4 is 0 Å². The summed E-state index contributed by atoms with van der Waals surface area (Å²) in [5, 5.41) is 0. The van der Waals surface area contributed by atoms with E-state index in [1.165, 1.54) is 49.8 Å². The Morgan fingerprint density at radius 3 is 2.03 bits per heavy atom. The second-order valence-electron chi connectivity index (χ2n) is 9.55. The molecule has 2 rings (SSSR count). The van der Waals surface area contributed by atoms with Crippen LogP contribution >= 0.6 is 0 Å². The molecule has 0 spiro atoms. The first-order valence-corrected chi connectivity index (χ1v) is 14.2. The maximum absolute atomic E-state index is 13.1. The van der Waals surface area contributed by atoms with Crippen molar-refractivity contribution < 1.29 is 14.3 Å². The van der Waals surface area contributed by atoms with Gasteiger partial charge >= 0.3 is 6.09 Å². The van der Waals surface area contributed by atoms with Gasteiger partial charge in [-0.2, -0.15) is 0 Å². The summed E-state index contributed by atoms with van der Waals surface area (Å²) in [6.45, 7) is 6.01. The monoisotopic (exact) mass is 515 g/mol. The number of allylic oxidation sites excluding steroid dienone is 11. The van der Waals surface area contributed by atoms with Crippen molar-refractivity contribution in [2.45, 2.75) is 90.7 Å². The van der Waals surface area contributed by atoms with Gasteiger partial charge in [-0.25, -0.2) is 9.69 Å². The third-order valence-electron chi connectivity index (χ3n) is 6.57. The lowest BCUT2D eigenvalue weighted by molar-refractivity contribution is -0.125. The molecular weight excluding hydrogens is 470 g/mol. The summed E-state index contributed by atoms with van der Waals surface area (Å²) in [5.41, 5.74) is 1.45. The molecule has 2 amide bonds. The lowest BCUT2D eigenvalue weighted by atomic mass is 10.0. The van der Waals surface area contributed by atoms with Crippen molar-refractivity contribution >= 4 is 12.0 Å². The normalized spacial score (nSPS) is 18.8. The molecule has 38 heavy (non-hydrogen) atoms. The second-order valence-corrected chi connectivity index (χ2v) is 9.55. The molecule has 1 aliphatic rings. The van der Waals surface area contributed by atoms with Crippen LogP contribution in [0.25, 0.3) is 0 Å². The number of ether oxygens (including phenoxy) is 1. The van der Waals surface area contributed by atoms with Gasteiger partial charge in [0, 0.05) is 5.57 Å². The Balaban J connectivity index is 1.73. The second kappa shape index (κ2) is 18.8. The summed E-state index contributed by atoms with van der Waals surface area (Å²) < 4.78 is 5.52. The van der Waals surface area contributed by atoms with Gasteiger partial charge < -0.3 is 4.74 Å². The van der Waals surface area contributed by atoms with E-state index in [1.807, 2.05) is 86.7 Å². The van der Waals surface area contributed by atoms with E-state index >= 15 is 0 Å². The first-order chi connectivity index (χ1) is 18.6. The summed E-state index contributed by atoms with van der Waals surface area (Å²) in [7, 11) is 0. The topological polar surface area (TPSA) is 46.6 Å². The number of nitrogens with zero attached hydrogens (tertiary/aromatic N) is 1. The Bertz CT molecular complexity index is 1010. The summed E-state index contributed by atoms with van der Waals surface area (Å²) >= 11 is 0. The van der Waals surface area contributed by atoms with Gasteiger partial charge in [-0.1, -0.05) is 150 Å². The van der Waals surface area contributed by atoms with Crippen LogP contribution in [0.2, 0.25) is 0 Å². The number of hydrogen-bond acceptors (Lipinski definition) is 3. The molecule has 2 atom stereocenters. The molecule has 1 fully saturated rings. The van der Waals surface area contributed by atoms with Gasteiger partial charge in [0.1, 0.15) is 6.10 Å². The minimum Gasteiger partial charge on any atom is -0.439 e. The van der Waals surface area contributed by atoms with Crippen LogP contribution in [0.4, 0.5) is 4.79 Å². The molecule has 0 saturated carbocycles. The molecule has 1 aliphatic heterocycles. The van der Waals surface area contributed by atoms with Crippen LogP contribution in [0.5, 0.6) is 0 Å². The Morgan fingerprint density at radius 1 is 0.816 bits per heavy atom. The van der Waals surface area contributed by atoms with Crippen LogP contribution in [0.1, 0.15) is 90.2 Å². The highest BCUT2D eigenvalue weighted by molar-refractivity contribution is 6.03. The number of unbranched alkanes of at least 4 members (excludes halogenated alkanes) is 7. The van der Waals surface area contributed by atoms with Gasteiger partial charge in [-0.05, 0) is 31.7 Å². The Kier molecular flexibility index (Phi) is 15.2. The van der Waals surface area contributed by atoms with Gasteiger partial charge in [-0.15, -0.1) is 0 Å². The lowest BCUT2D eigenvalue weighted by Gasteiger charge is -2.20. The van der Waals surface area contributed by atoms with Crippen LogP contribution in [-0.4, -0.2) is 22.9 Å². The number of carbonyl (C=O) groups is 2. The minimum atomic E-state index is -0.592. The standard InChI is InChI=1S/C34H45NO3/c1-4-6-7-8-9-10-11-12-13-14-15-16-17-18-19-20-21-23-26-30(5-2)33(36)35-29(3)32(38-34(35)37)31-27-24-22-25-28-31/h13-29,32H,4-12H2,1-3H3/t29-,32-/m0/s1. The average Bonchev–Trinajstić information content (AvgIpc) is 3.23. The van der Waals surface area contributed by atoms with E-state index in [-0.39, 0.29) is 11.9 Å². The Labute approximate surface area is 230 Å². The maximum Gasteiger partial charge on any atom is 0.417 e. The third kappa shape index (κ3) is 10.9. The minimum absolute atomic E-state index is 0.304. The van der Waals surface area contributed by atoms with E-state index in [0.717, 1.165) is 12.0 Å². The molecule has 1 saturated heterocycles. The molecule has 4 heteroatoms. The highest BCUT2D eigenvalue weighted by Crippen LogP contribution is 2.33. The fourth-order valence-electron chi connectivity index (χ4n) is 4.33. The SMILES string of the molecule is CCCCCCCCCC=CC=CC=CC=CC=CC=C(CC)C(=O)N1C(=O)O[C@H](c2ccccc2)[C@@H]1C. The predicted molar refractivity (Wildman–Crippen MR) is 159 cm³/mol. The van der Waals surface area contributed by atoms with Gasteiger partial charge in [0.05, 0.1) is 6.04 Å². The van der Waals surface area contributed by atoms with E-state index in [2.05, 4.69) is 25.2 Å². The zero-order valence-electron chi connectivity index (χ0n) is 23.4. The zero-order chi connectivity index (χ0) is 27.4. The number of carbonyl (C=O) groups excluding carboxylic acids is 2. The van der Waals surface area contributed by atoms with E-state index in [4.69, 9.17) is 4.74 Å². The highest BCUT2D eigenvalue weighted by Gasteiger charge is 2.43. The predicted octanol–water partition coefficient (Wildman–Crippen LogP) is 9.35. The molecular formula is C34H45NO3. The van der Waals surface area contributed by atoms with Crippen molar-refractivity contribution in [2.24, 2.45) is 0 Å². The third-order valence-corrected chi connectivity index (χ3v) is 6.57. The number of imide groups is 1. The molecule has 0 unspecified atom stereocenters. The quantitative estimate of drug-likeness (QED) is 0.125. The van der Waals surface area contributed by atoms with Crippen molar-refractivity contribution in [1.29, 1.82) is 0 Å². The van der Waals surface area contributed by atoms with Crippen molar-refractivity contribution in [3.8, 4) is 0 Å². The van der Waals surface area contributed by atoms with Gasteiger partial charge in [-0.3, -0.25) is 4.79 Å². The number of cyclic esters (lactones) is 1. The van der Waals surface area contributed by atoms with Crippen molar-refractivity contribution in [2.75, 3.05) is 0 Å². The summed E-state index contributed by atoms with van der Waals surface area (Å²) in [4.78, 5) is 26.8. The molecule has 1 aromatic carbocycles. The molecule has 0 aromatic heterocycles. The van der Waals surface area contributed by atoms with Crippen LogP contribution in [0.15, 0.2) is 103 Å².